The number of pyridine rings is 1. The number of aryl methyl sites for hydroxylation is 1. The number of aromatic nitrogens is 1. The lowest BCUT2D eigenvalue weighted by Crippen LogP contribution is -2.33. The molecule has 0 saturated carbocycles. The van der Waals surface area contributed by atoms with Gasteiger partial charge in [-0.2, -0.15) is 0 Å². The van der Waals surface area contributed by atoms with Crippen LogP contribution < -0.4 is 16.0 Å². The van der Waals surface area contributed by atoms with Gasteiger partial charge in [-0.05, 0) is 67.5 Å². The highest BCUT2D eigenvalue weighted by Crippen LogP contribution is 2.31. The van der Waals surface area contributed by atoms with Crippen LogP contribution >= 0.6 is 0 Å². The number of nitrogens with zero attached hydrogens (tertiary/aromatic N) is 2. The number of amides is 1. The molecule has 2 heterocycles. The molecule has 1 aromatic heterocycles. The Balaban J connectivity index is 1.58. The third-order valence-electron chi connectivity index (χ3n) is 5.22. The van der Waals surface area contributed by atoms with Crippen LogP contribution in [-0.4, -0.2) is 24.0 Å². The fourth-order valence-corrected chi connectivity index (χ4v) is 3.98. The molecule has 1 aliphatic carbocycles. The molecule has 5 nitrogen and oxygen atoms in total. The molecule has 1 unspecified atom stereocenters. The van der Waals surface area contributed by atoms with Gasteiger partial charge in [0.1, 0.15) is 5.82 Å². The van der Waals surface area contributed by atoms with Crippen LogP contribution in [0, 0.1) is 0 Å². The Labute approximate surface area is 148 Å². The van der Waals surface area contributed by atoms with Crippen molar-refractivity contribution in [1.29, 1.82) is 0 Å². The van der Waals surface area contributed by atoms with E-state index in [2.05, 4.69) is 21.3 Å². The number of rotatable bonds is 3. The van der Waals surface area contributed by atoms with Crippen LogP contribution in [0.5, 0.6) is 0 Å². The van der Waals surface area contributed by atoms with Crippen LogP contribution in [0.1, 0.15) is 53.2 Å². The summed E-state index contributed by atoms with van der Waals surface area (Å²) in [6.07, 6.45) is 7.14. The van der Waals surface area contributed by atoms with Gasteiger partial charge in [0, 0.05) is 25.0 Å². The zero-order valence-corrected chi connectivity index (χ0v) is 14.4. The first-order valence-electron chi connectivity index (χ1n) is 9.11. The van der Waals surface area contributed by atoms with Crippen molar-refractivity contribution in [2.45, 2.75) is 38.1 Å². The molecular weight excluding hydrogens is 312 g/mol. The molecule has 5 heteroatoms. The van der Waals surface area contributed by atoms with Crippen LogP contribution in [0.4, 0.5) is 11.5 Å². The minimum atomic E-state index is -0.0373. The Kier molecular flexibility index (Phi) is 4.30. The number of carbonyl (C=O) groups is 1. The van der Waals surface area contributed by atoms with Gasteiger partial charge in [-0.15, -0.1) is 0 Å². The summed E-state index contributed by atoms with van der Waals surface area (Å²) in [6.45, 7) is 1.95. The van der Waals surface area contributed by atoms with Crippen LogP contribution in [0.15, 0.2) is 36.5 Å². The fraction of sp³-hybridized carbons (Fsp3) is 0.400. The highest BCUT2D eigenvalue weighted by molar-refractivity contribution is 5.99. The topological polar surface area (TPSA) is 71.2 Å². The Bertz CT molecular complexity index is 783. The predicted molar refractivity (Wildman–Crippen MR) is 99.7 cm³/mol. The van der Waals surface area contributed by atoms with Crippen molar-refractivity contribution in [3.05, 3.63) is 53.2 Å². The average Bonchev–Trinajstić information content (AvgIpc) is 3.16. The second-order valence-corrected chi connectivity index (χ2v) is 6.95. The van der Waals surface area contributed by atoms with Gasteiger partial charge in [0.25, 0.3) is 5.91 Å². The van der Waals surface area contributed by atoms with Crippen LogP contribution in [0.25, 0.3) is 0 Å². The van der Waals surface area contributed by atoms with Crippen LogP contribution in [-0.2, 0) is 6.42 Å². The molecule has 2 aromatic rings. The molecule has 130 valence electrons. The van der Waals surface area contributed by atoms with Crippen molar-refractivity contribution < 1.29 is 4.79 Å². The van der Waals surface area contributed by atoms with Gasteiger partial charge in [-0.3, -0.25) is 4.79 Å². The number of benzene rings is 1. The maximum atomic E-state index is 13.0. The van der Waals surface area contributed by atoms with E-state index in [1.807, 2.05) is 24.3 Å². The first-order chi connectivity index (χ1) is 12.2. The lowest BCUT2D eigenvalue weighted by Gasteiger charge is -2.27. The number of fused-ring (bicyclic) bond motifs is 1. The van der Waals surface area contributed by atoms with E-state index in [4.69, 9.17) is 5.73 Å². The minimum absolute atomic E-state index is 0.0373. The number of nitrogen functional groups attached to an aromatic ring is 1. The third kappa shape index (κ3) is 3.18. The summed E-state index contributed by atoms with van der Waals surface area (Å²) < 4.78 is 0. The maximum absolute atomic E-state index is 13.0. The van der Waals surface area contributed by atoms with E-state index >= 15 is 0 Å². The third-order valence-corrected chi connectivity index (χ3v) is 5.22. The smallest absolute Gasteiger partial charge is 0.255 e. The van der Waals surface area contributed by atoms with Gasteiger partial charge in [-0.25, -0.2) is 4.98 Å². The highest BCUT2D eigenvalue weighted by Gasteiger charge is 2.25. The number of nitrogens with two attached hydrogens (primary N) is 1. The molecule has 25 heavy (non-hydrogen) atoms. The van der Waals surface area contributed by atoms with Gasteiger partial charge < -0.3 is 16.0 Å². The second kappa shape index (κ2) is 6.75. The summed E-state index contributed by atoms with van der Waals surface area (Å²) in [4.78, 5) is 19.7. The number of hydrogen-bond acceptors (Lipinski definition) is 4. The molecule has 1 fully saturated rings. The molecule has 0 spiro atoms. The summed E-state index contributed by atoms with van der Waals surface area (Å²) in [6, 6.07) is 9.77. The van der Waals surface area contributed by atoms with E-state index < -0.39 is 0 Å². The zero-order chi connectivity index (χ0) is 17.2. The highest BCUT2D eigenvalue weighted by atomic mass is 16.1. The molecule has 4 rings (SSSR count). The molecule has 0 radical (unpaired) electrons. The molecule has 1 amide bonds. The number of nitrogens with one attached hydrogen (secondary N) is 1. The van der Waals surface area contributed by atoms with Crippen LogP contribution in [0.3, 0.4) is 0 Å². The quantitative estimate of drug-likeness (QED) is 0.845. The van der Waals surface area contributed by atoms with E-state index in [0.29, 0.717) is 5.56 Å². The molecule has 1 saturated heterocycles. The van der Waals surface area contributed by atoms with Crippen molar-refractivity contribution in [3.8, 4) is 0 Å². The SMILES string of the molecule is Nc1ccc2c(c1)CCCC2NC(=O)c1cccnc1N1CCCC1. The Morgan fingerprint density at radius 3 is 2.88 bits per heavy atom. The minimum Gasteiger partial charge on any atom is -0.399 e. The first kappa shape index (κ1) is 15.9. The molecule has 3 N–H and O–H groups in total. The summed E-state index contributed by atoms with van der Waals surface area (Å²) in [5.74, 6) is 0.774. The molecular formula is C20H24N4O. The summed E-state index contributed by atoms with van der Waals surface area (Å²) in [7, 11) is 0. The van der Waals surface area contributed by atoms with E-state index in [1.165, 1.54) is 11.1 Å². The monoisotopic (exact) mass is 336 g/mol. The van der Waals surface area contributed by atoms with Gasteiger partial charge >= 0.3 is 0 Å². The lowest BCUT2D eigenvalue weighted by molar-refractivity contribution is 0.0933. The standard InChI is InChI=1S/C20H24N4O/c21-15-8-9-16-14(13-15)5-3-7-18(16)23-20(25)17-6-4-10-22-19(17)24-11-1-2-12-24/h4,6,8-10,13,18H,1-3,5,7,11-12,21H2,(H,23,25). The van der Waals surface area contributed by atoms with Gasteiger partial charge in [0.05, 0.1) is 11.6 Å². The number of carbonyl (C=O) groups excluding carboxylic acids is 1. The van der Waals surface area contributed by atoms with E-state index in [9.17, 15) is 4.79 Å². The molecule has 1 aromatic carbocycles. The Morgan fingerprint density at radius 1 is 1.20 bits per heavy atom. The van der Waals surface area contributed by atoms with E-state index in [-0.39, 0.29) is 11.9 Å². The Hall–Kier alpha value is -2.56. The van der Waals surface area contributed by atoms with Gasteiger partial charge in [-0.1, -0.05) is 6.07 Å². The zero-order valence-electron chi connectivity index (χ0n) is 14.4. The lowest BCUT2D eigenvalue weighted by atomic mass is 9.87. The van der Waals surface area contributed by atoms with Crippen molar-refractivity contribution in [2.24, 2.45) is 0 Å². The Morgan fingerprint density at radius 2 is 2.04 bits per heavy atom. The predicted octanol–water partition coefficient (Wildman–Crippen LogP) is 3.07. The van der Waals surface area contributed by atoms with Crippen molar-refractivity contribution in [3.63, 3.8) is 0 Å². The summed E-state index contributed by atoms with van der Waals surface area (Å²) in [5.41, 5.74) is 9.81. The second-order valence-electron chi connectivity index (χ2n) is 6.95. The maximum Gasteiger partial charge on any atom is 0.255 e. The normalized spacial score (nSPS) is 19.5. The summed E-state index contributed by atoms with van der Waals surface area (Å²) >= 11 is 0. The molecule has 1 atom stereocenters. The van der Waals surface area contributed by atoms with Crippen molar-refractivity contribution in [2.75, 3.05) is 23.7 Å². The van der Waals surface area contributed by atoms with Gasteiger partial charge in [0.15, 0.2) is 0 Å². The van der Waals surface area contributed by atoms with Gasteiger partial charge in [0.2, 0.25) is 0 Å². The molecule has 0 bridgehead atoms. The largest absolute Gasteiger partial charge is 0.399 e. The molecule has 2 aliphatic rings. The number of hydrogen-bond donors (Lipinski definition) is 2. The number of anilines is 2. The first-order valence-corrected chi connectivity index (χ1v) is 9.11. The summed E-state index contributed by atoms with van der Waals surface area (Å²) in [5, 5.41) is 3.23. The van der Waals surface area contributed by atoms with E-state index in [1.54, 1.807) is 6.20 Å². The van der Waals surface area contributed by atoms with Crippen molar-refractivity contribution >= 4 is 17.4 Å². The van der Waals surface area contributed by atoms with Crippen molar-refractivity contribution in [1.82, 2.24) is 10.3 Å². The van der Waals surface area contributed by atoms with E-state index in [0.717, 1.165) is 56.7 Å². The molecule has 1 aliphatic heterocycles. The average molecular weight is 336 g/mol. The van der Waals surface area contributed by atoms with Crippen LogP contribution in [0.2, 0.25) is 0 Å². The fourth-order valence-electron chi connectivity index (χ4n) is 3.98.